The van der Waals surface area contributed by atoms with E-state index in [1.54, 1.807) is 0 Å². The molecule has 0 aliphatic heterocycles. The smallest absolute Gasteiger partial charge is 0.219 e. The van der Waals surface area contributed by atoms with E-state index in [4.69, 9.17) is 0 Å². The van der Waals surface area contributed by atoms with Crippen molar-refractivity contribution in [3.8, 4) is 0 Å². The van der Waals surface area contributed by atoms with Gasteiger partial charge in [-0.2, -0.15) is 0 Å². The molecule has 0 radical (unpaired) electrons. The van der Waals surface area contributed by atoms with E-state index < -0.39 is 0 Å². The molecule has 0 saturated heterocycles. The van der Waals surface area contributed by atoms with Crippen LogP contribution in [0.25, 0.3) is 0 Å². The summed E-state index contributed by atoms with van der Waals surface area (Å²) in [5.74, 6) is 0.439. The Balaban J connectivity index is 0. The third-order valence-corrected chi connectivity index (χ3v) is 7.55. The summed E-state index contributed by atoms with van der Waals surface area (Å²) in [5.41, 5.74) is 0. The van der Waals surface area contributed by atoms with Crippen LogP contribution in [-0.4, -0.2) is 76.0 Å². The number of rotatable bonds is 30. The lowest BCUT2D eigenvalue weighted by Crippen LogP contribution is -2.26. The molecule has 260 valence electrons. The van der Waals surface area contributed by atoms with Gasteiger partial charge in [0, 0.05) is 25.9 Å². The number of carbonyl (C=O) groups is 2. The summed E-state index contributed by atoms with van der Waals surface area (Å²) in [6.45, 7) is 8.11. The van der Waals surface area contributed by atoms with E-state index >= 15 is 0 Å². The second-order valence-electron chi connectivity index (χ2n) is 12.8. The van der Waals surface area contributed by atoms with Crippen molar-refractivity contribution < 1.29 is 9.59 Å². The van der Waals surface area contributed by atoms with Crippen molar-refractivity contribution in [2.75, 3.05) is 54.4 Å². The summed E-state index contributed by atoms with van der Waals surface area (Å²) in [5, 5.41) is 6.00. The van der Waals surface area contributed by atoms with Crippen LogP contribution in [0.4, 0.5) is 0 Å². The van der Waals surface area contributed by atoms with Crippen molar-refractivity contribution in [2.24, 2.45) is 0 Å². The van der Waals surface area contributed by atoms with Crippen LogP contribution in [0.15, 0.2) is 24.3 Å². The molecule has 6 heteroatoms. The molecule has 0 saturated carbocycles. The number of hydrogen-bond acceptors (Lipinski definition) is 4. The molecule has 0 aromatic carbocycles. The molecule has 0 spiro atoms. The Labute approximate surface area is 275 Å². The molecule has 0 heterocycles. The first kappa shape index (κ1) is 44.5. The first-order valence-electron chi connectivity index (χ1n) is 18.5. The van der Waals surface area contributed by atoms with Gasteiger partial charge < -0.3 is 20.4 Å². The van der Waals surface area contributed by atoms with Gasteiger partial charge in [-0.1, -0.05) is 95.9 Å². The van der Waals surface area contributed by atoms with E-state index in [9.17, 15) is 9.59 Å². The van der Waals surface area contributed by atoms with Crippen LogP contribution >= 0.6 is 0 Å². The van der Waals surface area contributed by atoms with Crippen LogP contribution in [0.3, 0.4) is 0 Å². The predicted octanol–water partition coefficient (Wildman–Crippen LogP) is 9.06. The van der Waals surface area contributed by atoms with Crippen molar-refractivity contribution in [1.82, 2.24) is 20.4 Å². The number of amides is 2. The van der Waals surface area contributed by atoms with E-state index in [0.29, 0.717) is 12.8 Å². The summed E-state index contributed by atoms with van der Waals surface area (Å²) in [7, 11) is 8.23. The SMILES string of the molecule is CC/C=C/CCCCCCCC(=O)NCCCN(C)C.CCCCCC/C=C/CCCCCCCC(=O)NCCCN(C)C. The van der Waals surface area contributed by atoms with Gasteiger partial charge in [0.25, 0.3) is 0 Å². The Morgan fingerprint density at radius 2 is 0.841 bits per heavy atom. The van der Waals surface area contributed by atoms with Crippen molar-refractivity contribution in [3.05, 3.63) is 24.3 Å². The Bertz CT molecular complexity index is 661. The molecular formula is C38H76N4O2. The van der Waals surface area contributed by atoms with E-state index in [0.717, 1.165) is 58.3 Å². The first-order valence-corrected chi connectivity index (χ1v) is 18.5. The zero-order chi connectivity index (χ0) is 32.9. The largest absolute Gasteiger partial charge is 0.356 e. The third kappa shape index (κ3) is 42.5. The second kappa shape index (κ2) is 37.5. The van der Waals surface area contributed by atoms with Crippen molar-refractivity contribution in [3.63, 3.8) is 0 Å². The molecule has 0 aliphatic rings. The number of nitrogens with zero attached hydrogens (tertiary/aromatic N) is 2. The number of unbranched alkanes of at least 4 members (excludes halogenated alkanes) is 14. The third-order valence-electron chi connectivity index (χ3n) is 7.55. The normalized spacial score (nSPS) is 11.5. The highest BCUT2D eigenvalue weighted by Gasteiger charge is 2.01. The topological polar surface area (TPSA) is 64.7 Å². The molecule has 0 aromatic rings. The van der Waals surface area contributed by atoms with Gasteiger partial charge in [-0.05, 0) is 112 Å². The molecule has 44 heavy (non-hydrogen) atoms. The predicted molar refractivity (Wildman–Crippen MR) is 194 cm³/mol. The lowest BCUT2D eigenvalue weighted by molar-refractivity contribution is -0.122. The summed E-state index contributed by atoms with van der Waals surface area (Å²) in [4.78, 5) is 27.5. The highest BCUT2D eigenvalue weighted by Crippen LogP contribution is 2.09. The first-order chi connectivity index (χ1) is 21.3. The number of hydrogen-bond donors (Lipinski definition) is 2. The van der Waals surface area contributed by atoms with E-state index in [1.807, 2.05) is 0 Å². The lowest BCUT2D eigenvalue weighted by Gasteiger charge is -2.09. The van der Waals surface area contributed by atoms with Crippen LogP contribution in [0.2, 0.25) is 0 Å². The van der Waals surface area contributed by atoms with Crippen LogP contribution in [0.1, 0.15) is 155 Å². The molecule has 0 aliphatic carbocycles. The Morgan fingerprint density at radius 1 is 0.477 bits per heavy atom. The average molecular weight is 621 g/mol. The standard InChI is InChI=1S/C21H42N2O.C17H34N2O/c1-4-5-6-7-8-9-10-11-12-13-14-15-16-18-21(24)22-19-17-20-23(2)3;1-4-5-6-7-8-9-10-11-12-14-17(20)18-15-13-16-19(2)3/h9-10H,4-8,11-20H2,1-3H3,(H,22,24);5-6H,4,7-16H2,1-3H3,(H,18,20)/b10-9+;6-5+. The summed E-state index contributed by atoms with van der Waals surface area (Å²) >= 11 is 0. The maximum atomic E-state index is 11.7. The molecular weight excluding hydrogens is 544 g/mol. The molecule has 0 bridgehead atoms. The highest BCUT2D eigenvalue weighted by molar-refractivity contribution is 5.76. The van der Waals surface area contributed by atoms with Gasteiger partial charge in [-0.3, -0.25) is 9.59 Å². The van der Waals surface area contributed by atoms with Crippen LogP contribution in [-0.2, 0) is 9.59 Å². The van der Waals surface area contributed by atoms with Gasteiger partial charge in [0.05, 0.1) is 0 Å². The van der Waals surface area contributed by atoms with Gasteiger partial charge in [0.1, 0.15) is 0 Å². The molecule has 0 atom stereocenters. The molecule has 0 fully saturated rings. The molecule has 2 N–H and O–H groups in total. The van der Waals surface area contributed by atoms with Gasteiger partial charge in [0.2, 0.25) is 11.8 Å². The van der Waals surface area contributed by atoms with Crippen molar-refractivity contribution >= 4 is 11.8 Å². The summed E-state index contributed by atoms with van der Waals surface area (Å²) in [6, 6.07) is 0. The van der Waals surface area contributed by atoms with Gasteiger partial charge in [0.15, 0.2) is 0 Å². The minimum atomic E-state index is 0.217. The monoisotopic (exact) mass is 621 g/mol. The summed E-state index contributed by atoms with van der Waals surface area (Å²) in [6.07, 6.45) is 35.1. The second-order valence-corrected chi connectivity index (χ2v) is 12.8. The van der Waals surface area contributed by atoms with E-state index in [1.165, 1.54) is 96.3 Å². The highest BCUT2D eigenvalue weighted by atomic mass is 16.2. The average Bonchev–Trinajstić information content (AvgIpc) is 2.99. The van der Waals surface area contributed by atoms with Crippen LogP contribution in [0.5, 0.6) is 0 Å². The minimum Gasteiger partial charge on any atom is -0.356 e. The molecule has 0 unspecified atom stereocenters. The number of allylic oxidation sites excluding steroid dienone is 4. The van der Waals surface area contributed by atoms with Crippen molar-refractivity contribution in [2.45, 2.75) is 155 Å². The van der Waals surface area contributed by atoms with Crippen LogP contribution in [0, 0.1) is 0 Å². The number of carbonyl (C=O) groups excluding carboxylic acids is 2. The Kier molecular flexibility index (Phi) is 37.9. The van der Waals surface area contributed by atoms with E-state index in [2.05, 4.69) is 86.8 Å². The fourth-order valence-corrected chi connectivity index (χ4v) is 4.79. The summed E-state index contributed by atoms with van der Waals surface area (Å²) < 4.78 is 0. The zero-order valence-electron chi connectivity index (χ0n) is 30.4. The maximum Gasteiger partial charge on any atom is 0.219 e. The molecule has 0 aromatic heterocycles. The maximum absolute atomic E-state index is 11.7. The molecule has 0 rings (SSSR count). The van der Waals surface area contributed by atoms with Gasteiger partial charge >= 0.3 is 0 Å². The Hall–Kier alpha value is -1.66. The van der Waals surface area contributed by atoms with E-state index in [-0.39, 0.29) is 11.8 Å². The van der Waals surface area contributed by atoms with Crippen molar-refractivity contribution in [1.29, 1.82) is 0 Å². The minimum absolute atomic E-state index is 0.217. The molecule has 2 amide bonds. The molecule has 6 nitrogen and oxygen atoms in total. The van der Waals surface area contributed by atoms with Crippen LogP contribution < -0.4 is 10.6 Å². The Morgan fingerprint density at radius 3 is 1.23 bits per heavy atom. The lowest BCUT2D eigenvalue weighted by atomic mass is 10.1. The zero-order valence-corrected chi connectivity index (χ0v) is 30.4. The van der Waals surface area contributed by atoms with Gasteiger partial charge in [-0.15, -0.1) is 0 Å². The fraction of sp³-hybridized carbons (Fsp3) is 0.842. The number of nitrogens with one attached hydrogen (secondary N) is 2. The van der Waals surface area contributed by atoms with Gasteiger partial charge in [-0.25, -0.2) is 0 Å². The fourth-order valence-electron chi connectivity index (χ4n) is 4.79. The quantitative estimate of drug-likeness (QED) is 0.0621.